The Morgan fingerprint density at radius 3 is 2.15 bits per heavy atom. The molecule has 0 amide bonds. The second kappa shape index (κ2) is 3.91. The number of alkyl halides is 3. The van der Waals surface area contributed by atoms with Crippen LogP contribution in [-0.2, 0) is 10.0 Å². The predicted molar refractivity (Wildman–Crippen MR) is 42.9 cm³/mol. The summed E-state index contributed by atoms with van der Waals surface area (Å²) in [5, 5.41) is 0. The Hall–Kier alpha value is -0.850. The van der Waals surface area contributed by atoms with Gasteiger partial charge in [-0.15, -0.1) is 0 Å². The third-order valence-electron chi connectivity index (χ3n) is 1.14. The quantitative estimate of drug-likeness (QED) is 0.660. The van der Waals surface area contributed by atoms with Gasteiger partial charge >= 0.3 is 15.5 Å². The van der Waals surface area contributed by atoms with Crippen molar-refractivity contribution in [1.82, 2.24) is 0 Å². The molecule has 0 bridgehead atoms. The van der Waals surface area contributed by atoms with E-state index in [9.17, 15) is 21.6 Å². The Balaban J connectivity index is 4.84. The van der Waals surface area contributed by atoms with Crippen LogP contribution in [0.25, 0.3) is 0 Å². The molecule has 0 rings (SSSR count). The maximum atomic E-state index is 11.7. The summed E-state index contributed by atoms with van der Waals surface area (Å²) < 4.78 is 58.1. The van der Waals surface area contributed by atoms with Gasteiger partial charge in [0, 0.05) is 6.21 Å². The van der Waals surface area contributed by atoms with Gasteiger partial charge in [0.15, 0.2) is 0 Å². The van der Waals surface area contributed by atoms with E-state index in [1.807, 2.05) is 0 Å². The maximum absolute atomic E-state index is 11.7. The van der Waals surface area contributed by atoms with E-state index in [0.717, 1.165) is 0 Å². The average Bonchev–Trinajstić information content (AvgIpc) is 1.98. The van der Waals surface area contributed by atoms with Gasteiger partial charge < -0.3 is 0 Å². The highest BCUT2D eigenvalue weighted by molar-refractivity contribution is 7.91. The lowest BCUT2D eigenvalue weighted by Gasteiger charge is -2.01. The average molecular weight is 215 g/mol. The smallest absolute Gasteiger partial charge is 0.195 e. The minimum atomic E-state index is -5.37. The van der Waals surface area contributed by atoms with Crippen molar-refractivity contribution in [3.63, 3.8) is 0 Å². The minimum absolute atomic E-state index is 0.341. The number of rotatable bonds is 2. The number of hydrogen-bond donors (Lipinski definition) is 0. The van der Waals surface area contributed by atoms with Gasteiger partial charge in [0.2, 0.25) is 0 Å². The monoisotopic (exact) mass is 215 g/mol. The molecule has 0 fully saturated rings. The normalized spacial score (nSPS) is 15.3. The van der Waals surface area contributed by atoms with Gasteiger partial charge in [-0.2, -0.15) is 26.0 Å². The number of sulfonamides is 1. The first-order chi connectivity index (χ1) is 5.70. The van der Waals surface area contributed by atoms with Gasteiger partial charge in [-0.3, -0.25) is 0 Å². The predicted octanol–water partition coefficient (Wildman–Crippen LogP) is 1.87. The first-order valence-corrected chi connectivity index (χ1v) is 4.64. The summed E-state index contributed by atoms with van der Waals surface area (Å²) in [5.74, 6) is 0. The molecule has 0 saturated carbocycles. The number of nitrogens with zero attached hydrogens (tertiary/aromatic N) is 1. The summed E-state index contributed by atoms with van der Waals surface area (Å²) in [6.45, 7) is 3.00. The van der Waals surface area contributed by atoms with E-state index in [0.29, 0.717) is 11.8 Å². The van der Waals surface area contributed by atoms with Crippen LogP contribution in [0.2, 0.25) is 0 Å². The highest BCUT2D eigenvalue weighted by Gasteiger charge is 2.45. The fraction of sp³-hybridized carbons (Fsp3) is 0.500. The molecule has 0 aliphatic rings. The van der Waals surface area contributed by atoms with Crippen molar-refractivity contribution in [3.8, 4) is 0 Å². The molecule has 0 aromatic heterocycles. The molecule has 0 saturated heterocycles. The van der Waals surface area contributed by atoms with Crippen molar-refractivity contribution in [2.24, 2.45) is 4.40 Å². The van der Waals surface area contributed by atoms with Crippen molar-refractivity contribution in [3.05, 3.63) is 11.6 Å². The second-order valence-corrected chi connectivity index (χ2v) is 3.81. The molecule has 0 aromatic rings. The Morgan fingerprint density at radius 2 is 1.85 bits per heavy atom. The molecule has 0 N–H and O–H groups in total. The molecule has 0 spiro atoms. The Kier molecular flexibility index (Phi) is 3.65. The van der Waals surface area contributed by atoms with Crippen molar-refractivity contribution in [1.29, 1.82) is 0 Å². The van der Waals surface area contributed by atoms with Crippen LogP contribution < -0.4 is 0 Å². The molecule has 3 nitrogen and oxygen atoms in total. The van der Waals surface area contributed by atoms with E-state index in [-0.39, 0.29) is 0 Å². The molecule has 76 valence electrons. The van der Waals surface area contributed by atoms with E-state index < -0.39 is 15.5 Å². The first-order valence-electron chi connectivity index (χ1n) is 3.20. The molecule has 0 unspecified atom stereocenters. The summed E-state index contributed by atoms with van der Waals surface area (Å²) in [6, 6.07) is 0. The van der Waals surface area contributed by atoms with E-state index in [1.54, 1.807) is 6.92 Å². The number of hydrogen-bond acceptors (Lipinski definition) is 2. The Labute approximate surface area is 74.0 Å². The lowest BCUT2D eigenvalue weighted by molar-refractivity contribution is -0.0435. The van der Waals surface area contributed by atoms with Gasteiger partial charge in [0.05, 0.1) is 0 Å². The van der Waals surface area contributed by atoms with Crippen LogP contribution in [0.5, 0.6) is 0 Å². The first kappa shape index (κ1) is 12.2. The summed E-state index contributed by atoms with van der Waals surface area (Å²) in [6.07, 6.45) is 2.10. The van der Waals surface area contributed by atoms with Crippen LogP contribution in [0.1, 0.15) is 13.8 Å². The molecule has 0 heterocycles. The van der Waals surface area contributed by atoms with E-state index in [4.69, 9.17) is 0 Å². The number of allylic oxidation sites excluding steroid dienone is 2. The number of halogens is 3. The van der Waals surface area contributed by atoms with Crippen LogP contribution in [0.4, 0.5) is 13.2 Å². The zero-order valence-electron chi connectivity index (χ0n) is 6.96. The van der Waals surface area contributed by atoms with Crippen molar-refractivity contribution in [2.45, 2.75) is 19.4 Å². The van der Waals surface area contributed by atoms with Gasteiger partial charge in [-0.05, 0) is 19.4 Å². The summed E-state index contributed by atoms with van der Waals surface area (Å²) in [5.41, 5.74) is -4.98. The standard InChI is InChI=1S/C6H8F3NO2S/c1-3-5(2)4-10-13(11,12)6(7,8)9/h3-4H,1-2H3/b5-3+,10-4+. The van der Waals surface area contributed by atoms with E-state index in [1.165, 1.54) is 13.0 Å². The van der Waals surface area contributed by atoms with Crippen molar-refractivity contribution in [2.75, 3.05) is 0 Å². The molecule has 0 radical (unpaired) electrons. The lowest BCUT2D eigenvalue weighted by Crippen LogP contribution is -2.20. The van der Waals surface area contributed by atoms with Crippen molar-refractivity contribution >= 4 is 16.2 Å². The zero-order valence-corrected chi connectivity index (χ0v) is 7.78. The minimum Gasteiger partial charge on any atom is -0.195 e. The Morgan fingerprint density at radius 1 is 1.38 bits per heavy atom. The fourth-order valence-corrected chi connectivity index (χ4v) is 0.711. The second-order valence-electron chi connectivity index (χ2n) is 2.19. The van der Waals surface area contributed by atoms with Crippen LogP contribution in [-0.4, -0.2) is 20.1 Å². The molecule has 0 aliphatic heterocycles. The third-order valence-corrected chi connectivity index (χ3v) is 2.11. The van der Waals surface area contributed by atoms with E-state index >= 15 is 0 Å². The van der Waals surface area contributed by atoms with Crippen molar-refractivity contribution < 1.29 is 21.6 Å². The summed E-state index contributed by atoms with van der Waals surface area (Å²) in [4.78, 5) is 0. The molecule has 0 aliphatic carbocycles. The molecule has 13 heavy (non-hydrogen) atoms. The molecular formula is C6H8F3NO2S. The molecule has 0 aromatic carbocycles. The molecular weight excluding hydrogens is 207 g/mol. The topological polar surface area (TPSA) is 46.5 Å². The summed E-state index contributed by atoms with van der Waals surface area (Å²) >= 11 is 0. The maximum Gasteiger partial charge on any atom is 0.518 e. The van der Waals surface area contributed by atoms with Crippen LogP contribution in [0.3, 0.4) is 0 Å². The summed E-state index contributed by atoms with van der Waals surface area (Å²) in [7, 11) is -5.37. The van der Waals surface area contributed by atoms with Gasteiger partial charge in [0.1, 0.15) is 0 Å². The largest absolute Gasteiger partial charge is 0.518 e. The van der Waals surface area contributed by atoms with E-state index in [2.05, 4.69) is 4.40 Å². The fourth-order valence-electron chi connectivity index (χ4n) is 0.287. The molecule has 0 atom stereocenters. The highest BCUT2D eigenvalue weighted by atomic mass is 32.2. The third kappa shape index (κ3) is 3.58. The Bertz CT molecular complexity index is 326. The zero-order chi connectivity index (χ0) is 10.7. The van der Waals surface area contributed by atoms with Gasteiger partial charge in [-0.1, -0.05) is 6.08 Å². The van der Waals surface area contributed by atoms with Gasteiger partial charge in [0.25, 0.3) is 0 Å². The van der Waals surface area contributed by atoms with Crippen LogP contribution in [0, 0.1) is 0 Å². The van der Waals surface area contributed by atoms with Crippen LogP contribution >= 0.6 is 0 Å². The highest BCUT2D eigenvalue weighted by Crippen LogP contribution is 2.24. The molecule has 7 heteroatoms. The lowest BCUT2D eigenvalue weighted by atomic mass is 10.3. The van der Waals surface area contributed by atoms with Gasteiger partial charge in [-0.25, -0.2) is 0 Å². The van der Waals surface area contributed by atoms with Crippen LogP contribution in [0.15, 0.2) is 16.0 Å². The SMILES string of the molecule is C/C=C(C)/C=N/S(=O)(=O)C(F)(F)F.